The lowest BCUT2D eigenvalue weighted by molar-refractivity contribution is -0.122. The van der Waals surface area contributed by atoms with Crippen molar-refractivity contribution in [3.8, 4) is 11.5 Å². The zero-order chi connectivity index (χ0) is 22.6. The van der Waals surface area contributed by atoms with Gasteiger partial charge >= 0.3 is 0 Å². The third-order valence-electron chi connectivity index (χ3n) is 4.96. The zero-order valence-corrected chi connectivity index (χ0v) is 19.3. The summed E-state index contributed by atoms with van der Waals surface area (Å²) in [6, 6.07) is 9.52. The van der Waals surface area contributed by atoms with Crippen molar-refractivity contribution in [2.45, 2.75) is 39.8 Å². The van der Waals surface area contributed by atoms with Crippen LogP contribution >= 0.6 is 0 Å². The molecule has 2 rings (SSSR count). The Balaban J connectivity index is 2.38. The maximum absolute atomic E-state index is 13.0. The van der Waals surface area contributed by atoms with Crippen molar-refractivity contribution in [3.63, 3.8) is 0 Å². The molecule has 2 atom stereocenters. The van der Waals surface area contributed by atoms with Crippen LogP contribution in [0.1, 0.15) is 36.6 Å². The lowest BCUT2D eigenvalue weighted by Crippen LogP contribution is -2.48. The van der Waals surface area contributed by atoms with Crippen molar-refractivity contribution in [1.29, 1.82) is 0 Å². The summed E-state index contributed by atoms with van der Waals surface area (Å²) in [6.07, 6.45) is 1.06. The van der Waals surface area contributed by atoms with Gasteiger partial charge in [-0.3, -0.25) is 9.10 Å². The molecule has 2 aromatic carbocycles. The van der Waals surface area contributed by atoms with Crippen LogP contribution in [0.5, 0.6) is 11.5 Å². The molecule has 0 unspecified atom stereocenters. The average Bonchev–Trinajstić information content (AvgIpc) is 2.66. The lowest BCUT2D eigenvalue weighted by atomic mass is 10.00. The number of carbonyl (C=O) groups is 1. The van der Waals surface area contributed by atoms with E-state index in [1.165, 1.54) is 20.3 Å². The van der Waals surface area contributed by atoms with Crippen LogP contribution in [-0.2, 0) is 14.8 Å². The first-order valence-electron chi connectivity index (χ1n) is 9.58. The minimum absolute atomic E-state index is 0.237. The number of hydrogen-bond acceptors (Lipinski definition) is 5. The predicted octanol–water partition coefficient (Wildman–Crippen LogP) is 3.35. The summed E-state index contributed by atoms with van der Waals surface area (Å²) in [5.74, 6) is 0.358. The van der Waals surface area contributed by atoms with Crippen molar-refractivity contribution in [3.05, 3.63) is 53.1 Å². The Morgan fingerprint density at radius 1 is 1.03 bits per heavy atom. The summed E-state index contributed by atoms with van der Waals surface area (Å²) in [5.41, 5.74) is 3.41. The SMILES string of the molecule is COc1ccc(OC)c(N([C@H](C)C(=O)N[C@@H](C)c2ccc(C)cc2C)S(C)(=O)=O)c1. The van der Waals surface area contributed by atoms with Gasteiger partial charge in [0.25, 0.3) is 0 Å². The molecule has 0 aromatic heterocycles. The molecule has 0 aliphatic carbocycles. The fourth-order valence-corrected chi connectivity index (χ4v) is 4.64. The summed E-state index contributed by atoms with van der Waals surface area (Å²) in [7, 11) is -0.870. The quantitative estimate of drug-likeness (QED) is 0.689. The Morgan fingerprint density at radius 2 is 1.70 bits per heavy atom. The van der Waals surface area contributed by atoms with Gasteiger partial charge in [0.15, 0.2) is 0 Å². The number of nitrogens with one attached hydrogen (secondary N) is 1. The minimum Gasteiger partial charge on any atom is -0.497 e. The first kappa shape index (κ1) is 23.5. The number of benzene rings is 2. The van der Waals surface area contributed by atoms with Gasteiger partial charge in [0, 0.05) is 6.07 Å². The van der Waals surface area contributed by atoms with E-state index < -0.39 is 22.0 Å². The van der Waals surface area contributed by atoms with E-state index in [4.69, 9.17) is 9.47 Å². The molecule has 2 aromatic rings. The highest BCUT2D eigenvalue weighted by molar-refractivity contribution is 7.92. The third kappa shape index (κ3) is 5.24. The van der Waals surface area contributed by atoms with Gasteiger partial charge in [0.05, 0.1) is 32.2 Å². The Bertz CT molecular complexity index is 1020. The fourth-order valence-electron chi connectivity index (χ4n) is 3.47. The molecule has 1 amide bonds. The molecular formula is C22H30N2O5S. The van der Waals surface area contributed by atoms with Crippen molar-refractivity contribution < 1.29 is 22.7 Å². The van der Waals surface area contributed by atoms with Crippen LogP contribution in [0.25, 0.3) is 0 Å². The van der Waals surface area contributed by atoms with E-state index in [0.717, 1.165) is 27.3 Å². The van der Waals surface area contributed by atoms with Crippen molar-refractivity contribution in [2.24, 2.45) is 0 Å². The maximum Gasteiger partial charge on any atom is 0.244 e. The second-order valence-electron chi connectivity index (χ2n) is 7.36. The van der Waals surface area contributed by atoms with Crippen LogP contribution in [0, 0.1) is 13.8 Å². The number of ether oxygens (including phenoxy) is 2. The molecular weight excluding hydrogens is 404 g/mol. The molecule has 0 bridgehead atoms. The summed E-state index contributed by atoms with van der Waals surface area (Å²) < 4.78 is 36.9. The number of hydrogen-bond donors (Lipinski definition) is 1. The van der Waals surface area contributed by atoms with E-state index in [0.29, 0.717) is 11.5 Å². The minimum atomic E-state index is -3.80. The summed E-state index contributed by atoms with van der Waals surface area (Å²) in [6.45, 7) is 7.41. The van der Waals surface area contributed by atoms with E-state index in [9.17, 15) is 13.2 Å². The molecule has 0 aliphatic heterocycles. The monoisotopic (exact) mass is 434 g/mol. The first-order valence-corrected chi connectivity index (χ1v) is 11.4. The number of sulfonamides is 1. The van der Waals surface area contributed by atoms with Gasteiger partial charge in [0.1, 0.15) is 17.5 Å². The Hall–Kier alpha value is -2.74. The van der Waals surface area contributed by atoms with Crippen LogP contribution in [0.2, 0.25) is 0 Å². The number of anilines is 1. The first-order chi connectivity index (χ1) is 14.0. The van der Waals surface area contributed by atoms with Crippen molar-refractivity contribution >= 4 is 21.6 Å². The van der Waals surface area contributed by atoms with Gasteiger partial charge in [-0.25, -0.2) is 8.42 Å². The molecule has 30 heavy (non-hydrogen) atoms. The number of carbonyl (C=O) groups excluding carboxylic acids is 1. The lowest BCUT2D eigenvalue weighted by Gasteiger charge is -2.30. The highest BCUT2D eigenvalue weighted by atomic mass is 32.2. The topological polar surface area (TPSA) is 84.9 Å². The van der Waals surface area contributed by atoms with Gasteiger partial charge in [0.2, 0.25) is 15.9 Å². The van der Waals surface area contributed by atoms with Crippen LogP contribution in [-0.4, -0.2) is 40.8 Å². The Kier molecular flexibility index (Phi) is 7.36. The molecule has 7 nitrogen and oxygen atoms in total. The molecule has 0 aliphatic rings. The molecule has 0 saturated carbocycles. The molecule has 164 valence electrons. The van der Waals surface area contributed by atoms with Crippen molar-refractivity contribution in [2.75, 3.05) is 24.8 Å². The number of methoxy groups -OCH3 is 2. The average molecular weight is 435 g/mol. The molecule has 1 N–H and O–H groups in total. The Morgan fingerprint density at radius 3 is 2.23 bits per heavy atom. The maximum atomic E-state index is 13.0. The van der Waals surface area contributed by atoms with Gasteiger partial charge in [-0.15, -0.1) is 0 Å². The highest BCUT2D eigenvalue weighted by Crippen LogP contribution is 2.35. The van der Waals surface area contributed by atoms with Crippen LogP contribution in [0.4, 0.5) is 5.69 Å². The fraction of sp³-hybridized carbons (Fsp3) is 0.409. The van der Waals surface area contributed by atoms with Gasteiger partial charge < -0.3 is 14.8 Å². The van der Waals surface area contributed by atoms with Crippen LogP contribution in [0.15, 0.2) is 36.4 Å². The van der Waals surface area contributed by atoms with E-state index >= 15 is 0 Å². The predicted molar refractivity (Wildman–Crippen MR) is 119 cm³/mol. The van der Waals surface area contributed by atoms with Crippen molar-refractivity contribution in [1.82, 2.24) is 5.32 Å². The Labute approximate surface area is 179 Å². The number of amides is 1. The standard InChI is InChI=1S/C22H30N2O5S/c1-14-8-10-19(15(2)12-14)16(3)23-22(25)17(4)24(30(7,26)27)20-13-18(28-5)9-11-21(20)29-6/h8-13,16-17H,1-7H3,(H,23,25)/t16-,17+/m0/s1. The van der Waals surface area contributed by atoms with E-state index in [2.05, 4.69) is 5.32 Å². The van der Waals surface area contributed by atoms with Gasteiger partial charge in [-0.1, -0.05) is 23.8 Å². The van der Waals surface area contributed by atoms with Gasteiger partial charge in [-0.05, 0) is 51.0 Å². The number of rotatable bonds is 8. The summed E-state index contributed by atoms with van der Waals surface area (Å²) >= 11 is 0. The summed E-state index contributed by atoms with van der Waals surface area (Å²) in [5, 5.41) is 2.93. The largest absolute Gasteiger partial charge is 0.497 e. The summed E-state index contributed by atoms with van der Waals surface area (Å²) in [4.78, 5) is 13.0. The molecule has 0 radical (unpaired) electrons. The molecule has 0 heterocycles. The molecule has 0 saturated heterocycles. The highest BCUT2D eigenvalue weighted by Gasteiger charge is 2.32. The second-order valence-corrected chi connectivity index (χ2v) is 9.22. The molecule has 0 fully saturated rings. The van der Waals surface area contributed by atoms with E-state index in [-0.39, 0.29) is 11.7 Å². The zero-order valence-electron chi connectivity index (χ0n) is 18.5. The molecule has 0 spiro atoms. The number of aryl methyl sites for hydroxylation is 2. The van der Waals surface area contributed by atoms with E-state index in [1.807, 2.05) is 39.0 Å². The van der Waals surface area contributed by atoms with Gasteiger partial charge in [-0.2, -0.15) is 0 Å². The van der Waals surface area contributed by atoms with E-state index in [1.54, 1.807) is 19.1 Å². The smallest absolute Gasteiger partial charge is 0.244 e. The third-order valence-corrected chi connectivity index (χ3v) is 6.19. The normalized spacial score (nSPS) is 13.3. The second kappa shape index (κ2) is 9.38. The number of nitrogens with zero attached hydrogens (tertiary/aromatic N) is 1. The molecule has 8 heteroatoms. The van der Waals surface area contributed by atoms with Crippen LogP contribution < -0.4 is 19.1 Å². The van der Waals surface area contributed by atoms with Crippen LogP contribution in [0.3, 0.4) is 0 Å².